The summed E-state index contributed by atoms with van der Waals surface area (Å²) in [5, 5.41) is 2.13. The van der Waals surface area contributed by atoms with Gasteiger partial charge in [-0.2, -0.15) is 0 Å². The third-order valence-corrected chi connectivity index (χ3v) is 3.33. The summed E-state index contributed by atoms with van der Waals surface area (Å²) in [7, 11) is 0. The van der Waals surface area contributed by atoms with E-state index in [0.717, 1.165) is 0 Å². The second-order valence-corrected chi connectivity index (χ2v) is 4.81. The van der Waals surface area contributed by atoms with Gasteiger partial charge in [-0.05, 0) is 13.8 Å². The Balaban J connectivity index is 2.36. The maximum absolute atomic E-state index is 11.8. The fourth-order valence-electron chi connectivity index (χ4n) is 1.37. The van der Waals surface area contributed by atoms with Gasteiger partial charge < -0.3 is 10.1 Å². The van der Waals surface area contributed by atoms with Crippen molar-refractivity contribution in [2.24, 2.45) is 0 Å². The molecule has 0 radical (unpaired) electrons. The Morgan fingerprint density at radius 2 is 2.29 bits per heavy atom. The molecular formula is C10H16N2O4S. The van der Waals surface area contributed by atoms with Crippen molar-refractivity contribution in [2.45, 2.75) is 19.1 Å². The molecule has 0 spiro atoms. The highest BCUT2D eigenvalue weighted by Crippen LogP contribution is 2.15. The maximum Gasteiger partial charge on any atom is 0.324 e. The Morgan fingerprint density at radius 1 is 1.59 bits per heavy atom. The summed E-state index contributed by atoms with van der Waals surface area (Å²) in [5.74, 6) is -0.492. The van der Waals surface area contributed by atoms with Crippen molar-refractivity contribution in [2.75, 3.05) is 25.4 Å². The van der Waals surface area contributed by atoms with Crippen LogP contribution in [0.4, 0.5) is 4.79 Å². The van der Waals surface area contributed by atoms with Crippen LogP contribution in [0.15, 0.2) is 0 Å². The second-order valence-electron chi connectivity index (χ2n) is 3.48. The number of nitrogens with one attached hydrogen (secondary N) is 1. The first-order valence-corrected chi connectivity index (χ1v) is 6.47. The zero-order chi connectivity index (χ0) is 12.8. The topological polar surface area (TPSA) is 75.7 Å². The van der Waals surface area contributed by atoms with Gasteiger partial charge in [-0.15, -0.1) is 11.8 Å². The number of ether oxygens (including phenoxy) is 1. The average Bonchev–Trinajstić information content (AvgIpc) is 2.71. The van der Waals surface area contributed by atoms with E-state index >= 15 is 0 Å². The SMILES string of the molecule is CCOC(=O)CSC(C)C(=O)N1CCNC1=O. The van der Waals surface area contributed by atoms with E-state index in [1.807, 2.05) is 0 Å². The third kappa shape index (κ3) is 3.92. The predicted octanol–water partition coefficient (Wildman–Crippen LogP) is 0.223. The monoisotopic (exact) mass is 260 g/mol. The number of rotatable bonds is 5. The molecule has 17 heavy (non-hydrogen) atoms. The Kier molecular flexibility index (Phi) is 5.27. The minimum atomic E-state index is -0.428. The normalized spacial score (nSPS) is 16.6. The Morgan fingerprint density at radius 3 is 2.82 bits per heavy atom. The van der Waals surface area contributed by atoms with Gasteiger partial charge in [-0.25, -0.2) is 4.79 Å². The van der Waals surface area contributed by atoms with E-state index in [0.29, 0.717) is 19.7 Å². The minimum absolute atomic E-state index is 0.121. The van der Waals surface area contributed by atoms with Crippen LogP contribution in [0.1, 0.15) is 13.8 Å². The molecule has 0 aromatic heterocycles. The van der Waals surface area contributed by atoms with Crippen LogP contribution < -0.4 is 5.32 Å². The lowest BCUT2D eigenvalue weighted by atomic mass is 10.4. The molecule has 0 aromatic carbocycles. The van der Waals surface area contributed by atoms with Crippen molar-refractivity contribution in [3.8, 4) is 0 Å². The maximum atomic E-state index is 11.8. The summed E-state index contributed by atoms with van der Waals surface area (Å²) in [6.07, 6.45) is 0. The van der Waals surface area contributed by atoms with Gasteiger partial charge in [0.15, 0.2) is 0 Å². The van der Waals surface area contributed by atoms with Crippen LogP contribution in [-0.2, 0) is 14.3 Å². The van der Waals surface area contributed by atoms with Gasteiger partial charge in [0.1, 0.15) is 0 Å². The molecule has 0 aromatic rings. The highest BCUT2D eigenvalue weighted by Gasteiger charge is 2.30. The van der Waals surface area contributed by atoms with E-state index in [1.165, 1.54) is 16.7 Å². The molecule has 1 fully saturated rings. The number of thioether (sulfide) groups is 1. The van der Waals surface area contributed by atoms with Crippen LogP contribution in [0.3, 0.4) is 0 Å². The van der Waals surface area contributed by atoms with Gasteiger partial charge in [0.25, 0.3) is 0 Å². The highest BCUT2D eigenvalue weighted by molar-refractivity contribution is 8.01. The van der Waals surface area contributed by atoms with Crippen molar-refractivity contribution < 1.29 is 19.1 Å². The molecule has 1 aliphatic heterocycles. The first-order valence-electron chi connectivity index (χ1n) is 5.42. The Labute approximate surface area is 104 Å². The van der Waals surface area contributed by atoms with Crippen LogP contribution in [0, 0.1) is 0 Å². The fourth-order valence-corrected chi connectivity index (χ4v) is 2.11. The van der Waals surface area contributed by atoms with Crippen LogP contribution in [-0.4, -0.2) is 53.5 Å². The summed E-state index contributed by atoms with van der Waals surface area (Å²) in [6.45, 7) is 4.61. The molecule has 1 rings (SSSR count). The van der Waals surface area contributed by atoms with E-state index < -0.39 is 5.25 Å². The molecule has 1 unspecified atom stereocenters. The lowest BCUT2D eigenvalue weighted by Crippen LogP contribution is -2.39. The highest BCUT2D eigenvalue weighted by atomic mass is 32.2. The number of urea groups is 1. The van der Waals surface area contributed by atoms with Crippen LogP contribution in [0.2, 0.25) is 0 Å². The van der Waals surface area contributed by atoms with Crippen LogP contribution in [0.25, 0.3) is 0 Å². The van der Waals surface area contributed by atoms with E-state index in [9.17, 15) is 14.4 Å². The molecule has 0 saturated carbocycles. The molecule has 96 valence electrons. The predicted molar refractivity (Wildman–Crippen MR) is 63.7 cm³/mol. The molecule has 3 amide bonds. The number of amides is 3. The minimum Gasteiger partial charge on any atom is -0.465 e. The number of hydrogen-bond acceptors (Lipinski definition) is 5. The number of nitrogens with zero attached hydrogens (tertiary/aromatic N) is 1. The van der Waals surface area contributed by atoms with Crippen LogP contribution >= 0.6 is 11.8 Å². The smallest absolute Gasteiger partial charge is 0.324 e. The molecular weight excluding hydrogens is 244 g/mol. The van der Waals surface area contributed by atoms with E-state index in [4.69, 9.17) is 4.74 Å². The molecule has 0 aliphatic carbocycles. The van der Waals surface area contributed by atoms with E-state index in [2.05, 4.69) is 5.32 Å². The van der Waals surface area contributed by atoms with E-state index in [-0.39, 0.29) is 23.7 Å². The molecule has 1 N–H and O–H groups in total. The van der Waals surface area contributed by atoms with Crippen molar-refractivity contribution in [3.63, 3.8) is 0 Å². The standard InChI is InChI=1S/C10H16N2O4S/c1-3-16-8(13)6-17-7(2)9(14)12-5-4-11-10(12)15/h7H,3-6H2,1-2H3,(H,11,15). The zero-order valence-electron chi connectivity index (χ0n) is 9.89. The molecule has 1 aliphatic rings. The summed E-state index contributed by atoms with van der Waals surface area (Å²) in [6, 6.07) is -0.362. The lowest BCUT2D eigenvalue weighted by molar-refractivity contribution is -0.139. The largest absolute Gasteiger partial charge is 0.465 e. The van der Waals surface area contributed by atoms with Crippen LogP contribution in [0.5, 0.6) is 0 Å². The first-order chi connectivity index (χ1) is 8.06. The van der Waals surface area contributed by atoms with Crippen molar-refractivity contribution in [1.29, 1.82) is 0 Å². The van der Waals surface area contributed by atoms with Crippen molar-refractivity contribution in [3.05, 3.63) is 0 Å². The summed E-state index contributed by atoms with van der Waals surface area (Å²) < 4.78 is 4.75. The van der Waals surface area contributed by atoms with Gasteiger partial charge >= 0.3 is 12.0 Å². The molecule has 1 heterocycles. The molecule has 7 heteroatoms. The quantitative estimate of drug-likeness (QED) is 0.716. The average molecular weight is 260 g/mol. The third-order valence-electron chi connectivity index (χ3n) is 2.23. The second kappa shape index (κ2) is 6.48. The number of esters is 1. The van der Waals surface area contributed by atoms with Gasteiger partial charge in [0.05, 0.1) is 17.6 Å². The first kappa shape index (κ1) is 13.8. The van der Waals surface area contributed by atoms with Gasteiger partial charge in [0, 0.05) is 13.1 Å². The van der Waals surface area contributed by atoms with Crippen molar-refractivity contribution in [1.82, 2.24) is 10.2 Å². The number of carbonyl (C=O) groups excluding carboxylic acids is 3. The summed E-state index contributed by atoms with van der Waals surface area (Å²) in [5.41, 5.74) is 0. The number of carbonyl (C=O) groups is 3. The molecule has 1 atom stereocenters. The number of hydrogen-bond donors (Lipinski definition) is 1. The van der Waals surface area contributed by atoms with Crippen molar-refractivity contribution >= 4 is 29.7 Å². The number of imide groups is 1. The lowest BCUT2D eigenvalue weighted by Gasteiger charge is -2.16. The molecule has 0 bridgehead atoms. The zero-order valence-corrected chi connectivity index (χ0v) is 10.7. The summed E-state index contributed by atoms with van der Waals surface area (Å²) in [4.78, 5) is 35.4. The fraction of sp³-hybridized carbons (Fsp3) is 0.700. The Hall–Kier alpha value is -1.24. The molecule has 6 nitrogen and oxygen atoms in total. The Bertz CT molecular complexity index is 321. The van der Waals surface area contributed by atoms with Gasteiger partial charge in [-0.1, -0.05) is 0 Å². The van der Waals surface area contributed by atoms with Gasteiger partial charge in [-0.3, -0.25) is 14.5 Å². The van der Waals surface area contributed by atoms with Gasteiger partial charge in [0.2, 0.25) is 5.91 Å². The summed E-state index contributed by atoms with van der Waals surface area (Å²) >= 11 is 1.18. The van der Waals surface area contributed by atoms with E-state index in [1.54, 1.807) is 13.8 Å². The molecule has 1 saturated heterocycles.